The van der Waals surface area contributed by atoms with Crippen LogP contribution in [0.15, 0.2) is 36.4 Å². The van der Waals surface area contributed by atoms with Crippen molar-refractivity contribution in [3.8, 4) is 11.1 Å². The maximum Gasteiger partial charge on any atom is 0.0612 e. The topological polar surface area (TPSA) is 21.3 Å². The van der Waals surface area contributed by atoms with Gasteiger partial charge in [0.15, 0.2) is 0 Å². The summed E-state index contributed by atoms with van der Waals surface area (Å²) in [5.41, 5.74) is 8.30. The van der Waals surface area contributed by atoms with Gasteiger partial charge in [-0.15, -0.1) is 0 Å². The summed E-state index contributed by atoms with van der Waals surface area (Å²) in [7, 11) is 3.84. The minimum atomic E-state index is -0.111. The van der Waals surface area contributed by atoms with Crippen LogP contribution in [0.2, 0.25) is 0 Å². The van der Waals surface area contributed by atoms with E-state index in [-0.39, 0.29) is 5.41 Å². The summed E-state index contributed by atoms with van der Waals surface area (Å²) in [6.45, 7) is 8.36. The van der Waals surface area contributed by atoms with Gasteiger partial charge in [-0.05, 0) is 53.3 Å². The summed E-state index contributed by atoms with van der Waals surface area (Å²) < 4.78 is 5.75. The minimum absolute atomic E-state index is 0.111. The molecule has 0 heterocycles. The van der Waals surface area contributed by atoms with Crippen molar-refractivity contribution in [2.75, 3.05) is 27.3 Å². The molecule has 1 aliphatic carbocycles. The molecule has 1 atom stereocenters. The van der Waals surface area contributed by atoms with Gasteiger partial charge in [-0.2, -0.15) is 0 Å². The summed E-state index contributed by atoms with van der Waals surface area (Å²) in [4.78, 5) is 0. The number of nitrogens with one attached hydrogen (secondary N) is 1. The second kappa shape index (κ2) is 6.10. The molecule has 0 spiro atoms. The Morgan fingerprint density at radius 3 is 2.30 bits per heavy atom. The third kappa shape index (κ3) is 2.32. The molecule has 2 nitrogen and oxygen atoms in total. The molecule has 23 heavy (non-hydrogen) atoms. The Labute approximate surface area is 139 Å². The van der Waals surface area contributed by atoms with Crippen LogP contribution < -0.4 is 5.32 Å². The summed E-state index contributed by atoms with van der Waals surface area (Å²) in [6.07, 6.45) is 0. The second-order valence-electron chi connectivity index (χ2n) is 6.97. The van der Waals surface area contributed by atoms with E-state index in [0.717, 1.165) is 6.54 Å². The van der Waals surface area contributed by atoms with Crippen molar-refractivity contribution in [2.45, 2.75) is 32.1 Å². The van der Waals surface area contributed by atoms with Crippen LogP contribution in [0.5, 0.6) is 0 Å². The summed E-state index contributed by atoms with van der Waals surface area (Å²) in [5.74, 6) is 0.493. The summed E-state index contributed by atoms with van der Waals surface area (Å²) >= 11 is 0. The van der Waals surface area contributed by atoms with Gasteiger partial charge in [0.05, 0.1) is 12.0 Å². The molecule has 2 aromatic rings. The molecule has 0 fully saturated rings. The van der Waals surface area contributed by atoms with E-state index in [0.29, 0.717) is 12.5 Å². The van der Waals surface area contributed by atoms with Crippen LogP contribution >= 0.6 is 0 Å². The van der Waals surface area contributed by atoms with Gasteiger partial charge in [-0.1, -0.05) is 50.2 Å². The van der Waals surface area contributed by atoms with Crippen LogP contribution in [-0.2, 0) is 10.2 Å². The Morgan fingerprint density at radius 2 is 1.70 bits per heavy atom. The molecule has 3 rings (SSSR count). The smallest absolute Gasteiger partial charge is 0.0612 e. The Morgan fingerprint density at radius 1 is 1.04 bits per heavy atom. The molecule has 2 heteroatoms. The molecule has 122 valence electrons. The number of hydrogen-bond acceptors (Lipinski definition) is 2. The van der Waals surface area contributed by atoms with Gasteiger partial charge >= 0.3 is 0 Å². The Hall–Kier alpha value is -1.64. The number of fused-ring (bicyclic) bond motifs is 3. The standard InChI is InChI=1S/C21H27NO/c1-14(2)16-9-7-11-18-17-10-6-8-15(3)19(17)21(12-22-4,13-23-5)20(16)18/h6-11,14,22H,12-13H2,1-5H3. The van der Waals surface area contributed by atoms with E-state index in [1.165, 1.54) is 33.4 Å². The Balaban J connectivity index is 2.40. The maximum atomic E-state index is 5.75. The van der Waals surface area contributed by atoms with E-state index < -0.39 is 0 Å². The lowest BCUT2D eigenvalue weighted by atomic mass is 9.74. The first-order valence-corrected chi connectivity index (χ1v) is 8.44. The average molecular weight is 309 g/mol. The zero-order chi connectivity index (χ0) is 16.6. The van der Waals surface area contributed by atoms with E-state index in [4.69, 9.17) is 4.74 Å². The molecule has 1 N–H and O–H groups in total. The molecule has 1 unspecified atom stereocenters. The lowest BCUT2D eigenvalue weighted by molar-refractivity contribution is 0.148. The van der Waals surface area contributed by atoms with Crippen molar-refractivity contribution in [1.82, 2.24) is 5.32 Å². The highest BCUT2D eigenvalue weighted by Crippen LogP contribution is 2.52. The van der Waals surface area contributed by atoms with Gasteiger partial charge in [0.2, 0.25) is 0 Å². The van der Waals surface area contributed by atoms with Crippen LogP contribution in [0.1, 0.15) is 42.0 Å². The van der Waals surface area contributed by atoms with E-state index in [1.54, 1.807) is 0 Å². The third-order valence-electron chi connectivity index (χ3n) is 5.11. The van der Waals surface area contributed by atoms with Crippen molar-refractivity contribution in [3.05, 3.63) is 58.7 Å². The molecule has 0 saturated carbocycles. The van der Waals surface area contributed by atoms with E-state index in [2.05, 4.69) is 62.5 Å². The zero-order valence-electron chi connectivity index (χ0n) is 14.9. The molecule has 2 aromatic carbocycles. The van der Waals surface area contributed by atoms with Crippen molar-refractivity contribution in [1.29, 1.82) is 0 Å². The number of hydrogen-bond donors (Lipinski definition) is 1. The van der Waals surface area contributed by atoms with Gasteiger partial charge in [-0.3, -0.25) is 0 Å². The average Bonchev–Trinajstić information content (AvgIpc) is 2.80. The van der Waals surface area contributed by atoms with Crippen molar-refractivity contribution < 1.29 is 4.74 Å². The van der Waals surface area contributed by atoms with Gasteiger partial charge in [-0.25, -0.2) is 0 Å². The summed E-state index contributed by atoms with van der Waals surface area (Å²) in [6, 6.07) is 13.4. The van der Waals surface area contributed by atoms with E-state index >= 15 is 0 Å². The lowest BCUT2D eigenvalue weighted by Gasteiger charge is -2.34. The summed E-state index contributed by atoms with van der Waals surface area (Å²) in [5, 5.41) is 3.43. The quantitative estimate of drug-likeness (QED) is 0.891. The lowest BCUT2D eigenvalue weighted by Crippen LogP contribution is -2.41. The second-order valence-corrected chi connectivity index (χ2v) is 6.97. The first-order chi connectivity index (χ1) is 11.1. The molecule has 0 aliphatic heterocycles. The number of ether oxygens (including phenoxy) is 1. The van der Waals surface area contributed by atoms with Crippen LogP contribution in [0, 0.1) is 6.92 Å². The van der Waals surface area contributed by atoms with Gasteiger partial charge in [0.1, 0.15) is 0 Å². The van der Waals surface area contributed by atoms with E-state index in [1.807, 2.05) is 14.2 Å². The van der Waals surface area contributed by atoms with Crippen LogP contribution in [0.3, 0.4) is 0 Å². The highest BCUT2D eigenvalue weighted by molar-refractivity contribution is 5.84. The fourth-order valence-electron chi connectivity index (χ4n) is 4.38. The fourth-order valence-corrected chi connectivity index (χ4v) is 4.38. The number of rotatable bonds is 5. The van der Waals surface area contributed by atoms with Gasteiger partial charge < -0.3 is 10.1 Å². The molecular formula is C21H27NO. The third-order valence-corrected chi connectivity index (χ3v) is 5.11. The highest BCUT2D eigenvalue weighted by atomic mass is 16.5. The fraction of sp³-hybridized carbons (Fsp3) is 0.429. The number of benzene rings is 2. The van der Waals surface area contributed by atoms with Crippen molar-refractivity contribution in [3.63, 3.8) is 0 Å². The number of likely N-dealkylation sites (N-methyl/N-ethyl adjacent to an activating group) is 1. The number of methoxy groups -OCH3 is 1. The van der Waals surface area contributed by atoms with Crippen molar-refractivity contribution in [2.24, 2.45) is 0 Å². The molecule has 0 bridgehead atoms. The van der Waals surface area contributed by atoms with Crippen LogP contribution in [0.25, 0.3) is 11.1 Å². The first-order valence-electron chi connectivity index (χ1n) is 8.44. The van der Waals surface area contributed by atoms with Crippen LogP contribution in [-0.4, -0.2) is 27.3 Å². The molecule has 0 amide bonds. The Bertz CT molecular complexity index is 712. The maximum absolute atomic E-state index is 5.75. The molecule has 0 radical (unpaired) electrons. The monoisotopic (exact) mass is 309 g/mol. The van der Waals surface area contributed by atoms with E-state index in [9.17, 15) is 0 Å². The van der Waals surface area contributed by atoms with Gasteiger partial charge in [0.25, 0.3) is 0 Å². The predicted molar refractivity (Wildman–Crippen MR) is 97.3 cm³/mol. The first kappa shape index (κ1) is 16.2. The highest BCUT2D eigenvalue weighted by Gasteiger charge is 2.45. The normalized spacial score (nSPS) is 19.0. The van der Waals surface area contributed by atoms with Crippen LogP contribution in [0.4, 0.5) is 0 Å². The van der Waals surface area contributed by atoms with Crippen molar-refractivity contribution >= 4 is 0 Å². The minimum Gasteiger partial charge on any atom is -0.383 e. The largest absolute Gasteiger partial charge is 0.383 e. The Kier molecular flexibility index (Phi) is 4.31. The molecule has 0 saturated heterocycles. The zero-order valence-corrected chi connectivity index (χ0v) is 14.9. The predicted octanol–water partition coefficient (Wildman–Crippen LogP) is 4.25. The number of aryl methyl sites for hydroxylation is 1. The van der Waals surface area contributed by atoms with Gasteiger partial charge in [0, 0.05) is 13.7 Å². The molecule has 1 aliphatic rings. The molecule has 0 aromatic heterocycles. The molecular weight excluding hydrogens is 282 g/mol. The SMILES string of the molecule is CNCC1(COC)c2c(C)cccc2-c2cccc(C(C)C)c21.